The van der Waals surface area contributed by atoms with Gasteiger partial charge in [-0.2, -0.15) is 0 Å². The molecule has 32 heavy (non-hydrogen) atoms. The van der Waals surface area contributed by atoms with Crippen molar-refractivity contribution >= 4 is 17.4 Å². The van der Waals surface area contributed by atoms with E-state index < -0.39 is 11.7 Å². The molecule has 0 spiro atoms. The lowest BCUT2D eigenvalue weighted by atomic mass is 10.1. The number of aryl methyl sites for hydroxylation is 1. The van der Waals surface area contributed by atoms with E-state index in [4.69, 9.17) is 9.47 Å². The third-order valence-corrected chi connectivity index (χ3v) is 5.88. The second kappa shape index (κ2) is 8.48. The molecule has 0 N–H and O–H groups in total. The Labute approximate surface area is 187 Å². The maximum Gasteiger partial charge on any atom is 0.300 e. The van der Waals surface area contributed by atoms with E-state index in [-0.39, 0.29) is 0 Å². The van der Waals surface area contributed by atoms with Crippen molar-refractivity contribution in [1.82, 2.24) is 4.90 Å². The lowest BCUT2D eigenvalue weighted by Crippen LogP contribution is -2.40. The molecule has 2 aliphatic heterocycles. The summed E-state index contributed by atoms with van der Waals surface area (Å²) < 4.78 is 11.3. The highest BCUT2D eigenvalue weighted by atomic mass is 16.6. The van der Waals surface area contributed by atoms with Gasteiger partial charge in [0.25, 0.3) is 5.78 Å². The SMILES string of the molecule is Cc1ccccc1CN(Cc1ccccc1)CN1C(=O)C(=O)c2cc3c(cc21)OCCO3. The first-order valence-electron chi connectivity index (χ1n) is 10.7. The zero-order valence-corrected chi connectivity index (χ0v) is 17.9. The highest BCUT2D eigenvalue weighted by Gasteiger charge is 2.38. The van der Waals surface area contributed by atoms with Crippen molar-refractivity contribution in [3.8, 4) is 11.5 Å². The maximum absolute atomic E-state index is 13.0. The third-order valence-electron chi connectivity index (χ3n) is 5.88. The molecule has 0 unspecified atom stereocenters. The van der Waals surface area contributed by atoms with Gasteiger partial charge < -0.3 is 9.47 Å². The Balaban J connectivity index is 1.47. The summed E-state index contributed by atoms with van der Waals surface area (Å²) in [5.74, 6) is 0.0489. The Kier molecular flexibility index (Phi) is 5.37. The number of ketones is 1. The molecule has 162 valence electrons. The summed E-state index contributed by atoms with van der Waals surface area (Å²) in [6, 6.07) is 21.7. The summed E-state index contributed by atoms with van der Waals surface area (Å²) >= 11 is 0. The molecule has 0 atom stereocenters. The number of anilines is 1. The predicted molar refractivity (Wildman–Crippen MR) is 121 cm³/mol. The summed E-state index contributed by atoms with van der Waals surface area (Å²) in [7, 11) is 0. The molecule has 3 aromatic carbocycles. The number of amides is 1. The van der Waals surface area contributed by atoms with Gasteiger partial charge in [0.2, 0.25) is 0 Å². The van der Waals surface area contributed by atoms with Crippen LogP contribution in [0, 0.1) is 6.92 Å². The van der Waals surface area contributed by atoms with Crippen molar-refractivity contribution in [2.24, 2.45) is 0 Å². The topological polar surface area (TPSA) is 59.1 Å². The van der Waals surface area contributed by atoms with Crippen molar-refractivity contribution in [3.63, 3.8) is 0 Å². The Morgan fingerprint density at radius 3 is 2.31 bits per heavy atom. The van der Waals surface area contributed by atoms with Crippen molar-refractivity contribution in [2.45, 2.75) is 20.0 Å². The smallest absolute Gasteiger partial charge is 0.300 e. The fourth-order valence-electron chi connectivity index (χ4n) is 4.20. The molecule has 0 aromatic heterocycles. The Morgan fingerprint density at radius 2 is 1.56 bits per heavy atom. The minimum Gasteiger partial charge on any atom is -0.486 e. The van der Waals surface area contributed by atoms with Crippen LogP contribution >= 0.6 is 0 Å². The summed E-state index contributed by atoms with van der Waals surface area (Å²) in [4.78, 5) is 29.4. The van der Waals surface area contributed by atoms with Gasteiger partial charge in [0.15, 0.2) is 11.5 Å². The molecule has 0 saturated heterocycles. The predicted octanol–water partition coefficient (Wildman–Crippen LogP) is 3.96. The van der Waals surface area contributed by atoms with Gasteiger partial charge in [-0.05, 0) is 29.7 Å². The van der Waals surface area contributed by atoms with Gasteiger partial charge in [0.05, 0.1) is 17.9 Å². The summed E-state index contributed by atoms with van der Waals surface area (Å²) in [6.07, 6.45) is 0. The molecule has 0 bridgehead atoms. The zero-order valence-electron chi connectivity index (χ0n) is 17.9. The van der Waals surface area contributed by atoms with E-state index in [2.05, 4.69) is 36.1 Å². The lowest BCUT2D eigenvalue weighted by Gasteiger charge is -2.29. The van der Waals surface area contributed by atoms with Gasteiger partial charge >= 0.3 is 5.91 Å². The van der Waals surface area contributed by atoms with Gasteiger partial charge in [-0.3, -0.25) is 19.4 Å². The number of benzene rings is 3. The highest BCUT2D eigenvalue weighted by Crippen LogP contribution is 2.40. The van der Waals surface area contributed by atoms with Crippen LogP contribution in [-0.2, 0) is 17.9 Å². The van der Waals surface area contributed by atoms with Gasteiger partial charge in [0, 0.05) is 19.2 Å². The fraction of sp³-hybridized carbons (Fsp3) is 0.231. The first kappa shape index (κ1) is 20.3. The molecule has 3 aromatic rings. The van der Waals surface area contributed by atoms with Crippen LogP contribution in [0.2, 0.25) is 0 Å². The second-order valence-electron chi connectivity index (χ2n) is 8.12. The molecular formula is C26H24N2O4. The first-order valence-corrected chi connectivity index (χ1v) is 10.7. The summed E-state index contributed by atoms with van der Waals surface area (Å²) in [5.41, 5.74) is 4.46. The lowest BCUT2D eigenvalue weighted by molar-refractivity contribution is -0.114. The van der Waals surface area contributed by atoms with Crippen LogP contribution in [0.5, 0.6) is 11.5 Å². The third kappa shape index (κ3) is 3.85. The monoisotopic (exact) mass is 428 g/mol. The molecule has 0 fully saturated rings. The van der Waals surface area contributed by atoms with E-state index in [1.165, 1.54) is 11.1 Å². The minimum absolute atomic E-state index is 0.292. The molecule has 6 nitrogen and oxygen atoms in total. The normalized spacial score (nSPS) is 14.8. The minimum atomic E-state index is -0.523. The van der Waals surface area contributed by atoms with E-state index in [0.29, 0.717) is 55.7 Å². The van der Waals surface area contributed by atoms with Crippen LogP contribution < -0.4 is 14.4 Å². The average Bonchev–Trinajstić information content (AvgIpc) is 3.04. The van der Waals surface area contributed by atoms with Gasteiger partial charge in [0.1, 0.15) is 13.2 Å². The van der Waals surface area contributed by atoms with E-state index in [9.17, 15) is 9.59 Å². The quantitative estimate of drug-likeness (QED) is 0.557. The Hall–Kier alpha value is -3.64. The summed E-state index contributed by atoms with van der Waals surface area (Å²) in [5, 5.41) is 0. The molecular weight excluding hydrogens is 404 g/mol. The number of rotatable bonds is 6. The summed E-state index contributed by atoms with van der Waals surface area (Å²) in [6.45, 7) is 4.55. The zero-order chi connectivity index (χ0) is 22.1. The molecule has 0 aliphatic carbocycles. The van der Waals surface area contributed by atoms with Crippen molar-refractivity contribution in [2.75, 3.05) is 24.8 Å². The second-order valence-corrected chi connectivity index (χ2v) is 8.12. The van der Waals surface area contributed by atoms with Crippen molar-refractivity contribution in [3.05, 3.63) is 89.0 Å². The fourth-order valence-corrected chi connectivity index (χ4v) is 4.20. The number of Topliss-reactive ketones (excluding diaryl/α,β-unsaturated/α-hetero) is 1. The van der Waals surface area contributed by atoms with E-state index in [1.807, 2.05) is 30.3 Å². The molecule has 0 radical (unpaired) electrons. The van der Waals surface area contributed by atoms with Crippen LogP contribution in [0.15, 0.2) is 66.7 Å². The van der Waals surface area contributed by atoms with Gasteiger partial charge in [-0.1, -0.05) is 54.6 Å². The van der Waals surface area contributed by atoms with Crippen LogP contribution in [0.25, 0.3) is 0 Å². The van der Waals surface area contributed by atoms with Crippen molar-refractivity contribution < 1.29 is 19.1 Å². The van der Waals surface area contributed by atoms with Gasteiger partial charge in [-0.15, -0.1) is 0 Å². The number of carbonyl (C=O) groups excluding carboxylic acids is 2. The number of fused-ring (bicyclic) bond motifs is 2. The molecule has 5 rings (SSSR count). The standard InChI is InChI=1S/C26H24N2O4/c1-18-7-5-6-10-20(18)16-27(15-19-8-3-2-4-9-19)17-28-22-14-24-23(31-11-12-32-24)13-21(22)25(29)26(28)30/h2-10,13-14H,11-12,15-17H2,1H3. The van der Waals surface area contributed by atoms with Crippen molar-refractivity contribution in [1.29, 1.82) is 0 Å². The Bertz CT molecular complexity index is 1180. The molecule has 0 saturated carbocycles. The molecule has 1 amide bonds. The average molecular weight is 428 g/mol. The van der Waals surface area contributed by atoms with Crippen LogP contribution in [0.4, 0.5) is 5.69 Å². The molecule has 6 heteroatoms. The number of hydrogen-bond acceptors (Lipinski definition) is 5. The molecule has 2 aliphatic rings. The number of hydrogen-bond donors (Lipinski definition) is 0. The number of carbonyl (C=O) groups is 2. The number of nitrogens with zero attached hydrogens (tertiary/aromatic N) is 2. The maximum atomic E-state index is 13.0. The van der Waals surface area contributed by atoms with E-state index in [0.717, 1.165) is 5.56 Å². The Morgan fingerprint density at radius 1 is 0.875 bits per heavy atom. The van der Waals surface area contributed by atoms with E-state index in [1.54, 1.807) is 17.0 Å². The largest absolute Gasteiger partial charge is 0.486 e. The van der Waals surface area contributed by atoms with Gasteiger partial charge in [-0.25, -0.2) is 0 Å². The van der Waals surface area contributed by atoms with E-state index >= 15 is 0 Å². The number of ether oxygens (including phenoxy) is 2. The van der Waals surface area contributed by atoms with Crippen LogP contribution in [0.1, 0.15) is 27.0 Å². The highest BCUT2D eigenvalue weighted by molar-refractivity contribution is 6.52. The molecule has 2 heterocycles. The first-order chi connectivity index (χ1) is 15.6. The van der Waals surface area contributed by atoms with Crippen LogP contribution in [-0.4, -0.2) is 36.5 Å². The van der Waals surface area contributed by atoms with Crippen LogP contribution in [0.3, 0.4) is 0 Å².